The molecule has 1 aromatic carbocycles. The maximum absolute atomic E-state index is 13.5. The molecule has 7 nitrogen and oxygen atoms in total. The summed E-state index contributed by atoms with van der Waals surface area (Å²) in [6.45, 7) is 3.21. The van der Waals surface area contributed by atoms with Crippen LogP contribution in [0.1, 0.15) is 53.4 Å². The number of carbonyl (C=O) groups is 2. The highest BCUT2D eigenvalue weighted by molar-refractivity contribution is 7.09. The Bertz CT molecular complexity index is 1010. The van der Waals surface area contributed by atoms with Crippen LogP contribution in [0.2, 0.25) is 0 Å². The second-order valence-corrected chi connectivity index (χ2v) is 9.40. The highest BCUT2D eigenvalue weighted by Gasteiger charge is 2.37. The lowest BCUT2D eigenvalue weighted by Gasteiger charge is -2.40. The molecule has 3 rings (SSSR count). The molecule has 0 bridgehead atoms. The number of benzene rings is 1. The van der Waals surface area contributed by atoms with Gasteiger partial charge in [-0.2, -0.15) is 13.2 Å². The minimum Gasteiger partial charge on any atom is -0.384 e. The van der Waals surface area contributed by atoms with Gasteiger partial charge in [0.05, 0.1) is 22.5 Å². The van der Waals surface area contributed by atoms with Gasteiger partial charge in [-0.3, -0.25) is 19.5 Å². The summed E-state index contributed by atoms with van der Waals surface area (Å²) in [5, 5.41) is 15.8. The number of nitrogens with one attached hydrogen (secondary N) is 2. The zero-order valence-corrected chi connectivity index (χ0v) is 20.0. The number of carbonyl (C=O) groups excluding carboxylic acids is 2. The van der Waals surface area contributed by atoms with Crippen LogP contribution in [0.4, 0.5) is 17.6 Å². The van der Waals surface area contributed by atoms with Crippen LogP contribution < -0.4 is 10.6 Å². The average Bonchev–Trinajstić information content (AvgIpc) is 3.36. The third kappa shape index (κ3) is 7.21. The fourth-order valence-electron chi connectivity index (χ4n) is 4.28. The van der Waals surface area contributed by atoms with Gasteiger partial charge in [-0.25, -0.2) is 4.39 Å². The summed E-state index contributed by atoms with van der Waals surface area (Å²) >= 11 is 1.45. The number of hydrogen-bond acceptors (Lipinski definition) is 6. The van der Waals surface area contributed by atoms with E-state index in [4.69, 9.17) is 0 Å². The molecular weight excluding hydrogens is 488 g/mol. The van der Waals surface area contributed by atoms with Crippen LogP contribution in [-0.2, 0) is 16.6 Å². The molecule has 1 heterocycles. The molecule has 2 aromatic rings. The first-order valence-electron chi connectivity index (χ1n) is 11.3. The quantitative estimate of drug-likeness (QED) is 0.445. The van der Waals surface area contributed by atoms with Crippen molar-refractivity contribution >= 4 is 23.2 Å². The van der Waals surface area contributed by atoms with Gasteiger partial charge in [-0.05, 0) is 50.4 Å². The van der Waals surface area contributed by atoms with Gasteiger partial charge in [-0.1, -0.05) is 6.92 Å². The Balaban J connectivity index is 1.42. The van der Waals surface area contributed by atoms with Crippen molar-refractivity contribution in [3.8, 4) is 0 Å². The van der Waals surface area contributed by atoms with Crippen LogP contribution in [0, 0.1) is 5.82 Å². The standard InChI is InChI=1S/C23H28F4N4O3S/c1-2-31(18-3-5-22(34,6-4-18)19-12-28-14-35-19)8-7-29-20(32)13-30-21(33)15-9-16(23(25,26)27)11-17(24)10-15/h9-12,14,18,34H,2-8,13H2,1H3,(H,29,32)(H,30,33). The van der Waals surface area contributed by atoms with E-state index in [-0.39, 0.29) is 6.04 Å². The predicted molar refractivity (Wildman–Crippen MR) is 122 cm³/mol. The fraction of sp³-hybridized carbons (Fsp3) is 0.522. The smallest absolute Gasteiger partial charge is 0.384 e. The Labute approximate surface area is 204 Å². The second-order valence-electron chi connectivity index (χ2n) is 8.52. The molecule has 0 atom stereocenters. The lowest BCUT2D eigenvalue weighted by Crippen LogP contribution is -2.46. The van der Waals surface area contributed by atoms with Crippen molar-refractivity contribution in [3.63, 3.8) is 0 Å². The van der Waals surface area contributed by atoms with Gasteiger partial charge in [0.15, 0.2) is 0 Å². The van der Waals surface area contributed by atoms with E-state index in [2.05, 4.69) is 20.5 Å². The minimum absolute atomic E-state index is 0.264. The van der Waals surface area contributed by atoms with Gasteiger partial charge in [0.1, 0.15) is 11.4 Å². The molecule has 0 spiro atoms. The van der Waals surface area contributed by atoms with E-state index in [1.165, 1.54) is 11.3 Å². The normalized spacial score (nSPS) is 20.6. The molecule has 0 unspecified atom stereocenters. The Kier molecular flexibility index (Phi) is 8.84. The predicted octanol–water partition coefficient (Wildman–Crippen LogP) is 3.30. The van der Waals surface area contributed by atoms with E-state index in [0.717, 1.165) is 24.3 Å². The van der Waals surface area contributed by atoms with Crippen molar-refractivity contribution in [1.29, 1.82) is 0 Å². The number of aliphatic hydroxyl groups is 1. The minimum atomic E-state index is -4.79. The lowest BCUT2D eigenvalue weighted by atomic mass is 9.81. The summed E-state index contributed by atoms with van der Waals surface area (Å²) in [6.07, 6.45) is -0.215. The zero-order valence-electron chi connectivity index (χ0n) is 19.2. The summed E-state index contributed by atoms with van der Waals surface area (Å²) in [6, 6.07) is 1.78. The Morgan fingerprint density at radius 3 is 2.54 bits per heavy atom. The van der Waals surface area contributed by atoms with E-state index in [1.807, 2.05) is 6.92 Å². The van der Waals surface area contributed by atoms with E-state index in [1.54, 1.807) is 11.7 Å². The van der Waals surface area contributed by atoms with Gasteiger partial charge in [-0.15, -0.1) is 11.3 Å². The summed E-state index contributed by atoms with van der Waals surface area (Å²) in [4.78, 5) is 31.3. The molecule has 0 radical (unpaired) electrons. The number of rotatable bonds is 9. The fourth-order valence-corrected chi connectivity index (χ4v) is 5.07. The van der Waals surface area contributed by atoms with Crippen molar-refractivity contribution in [2.45, 2.75) is 50.4 Å². The molecule has 1 fully saturated rings. The van der Waals surface area contributed by atoms with E-state index in [9.17, 15) is 32.3 Å². The first-order chi connectivity index (χ1) is 16.5. The maximum Gasteiger partial charge on any atom is 0.416 e. The SMILES string of the molecule is CCN(CCNC(=O)CNC(=O)c1cc(F)cc(C(F)(F)F)c1)C1CCC(O)(c2cncs2)CC1. The number of halogens is 4. The monoisotopic (exact) mass is 516 g/mol. The number of amides is 2. The first-order valence-corrected chi connectivity index (χ1v) is 12.2. The number of likely N-dealkylation sites (N-methyl/N-ethyl adjacent to an activating group) is 1. The van der Waals surface area contributed by atoms with Gasteiger partial charge >= 0.3 is 6.18 Å². The van der Waals surface area contributed by atoms with Crippen molar-refractivity contribution < 1.29 is 32.3 Å². The number of thiazole rings is 1. The molecule has 1 aliphatic carbocycles. The largest absolute Gasteiger partial charge is 0.416 e. The van der Waals surface area contributed by atoms with Crippen molar-refractivity contribution in [1.82, 2.24) is 20.5 Å². The summed E-state index contributed by atoms with van der Waals surface area (Å²) in [5.41, 5.74) is -0.926. The average molecular weight is 517 g/mol. The molecule has 12 heteroatoms. The molecule has 35 heavy (non-hydrogen) atoms. The van der Waals surface area contributed by atoms with Crippen LogP contribution >= 0.6 is 11.3 Å². The molecule has 1 aromatic heterocycles. The van der Waals surface area contributed by atoms with Crippen LogP contribution in [-0.4, -0.2) is 59.0 Å². The number of hydrogen-bond donors (Lipinski definition) is 3. The van der Waals surface area contributed by atoms with Crippen molar-refractivity contribution in [2.75, 3.05) is 26.2 Å². The molecular formula is C23H28F4N4O3S. The molecule has 192 valence electrons. The van der Waals surface area contributed by atoms with Crippen LogP contribution in [0.5, 0.6) is 0 Å². The third-order valence-electron chi connectivity index (χ3n) is 6.21. The van der Waals surface area contributed by atoms with Crippen LogP contribution in [0.25, 0.3) is 0 Å². The molecule has 3 N–H and O–H groups in total. The molecule has 1 saturated carbocycles. The molecule has 0 aliphatic heterocycles. The van der Waals surface area contributed by atoms with Gasteiger partial charge in [0.2, 0.25) is 5.91 Å². The van der Waals surface area contributed by atoms with Crippen molar-refractivity contribution in [2.24, 2.45) is 0 Å². The highest BCUT2D eigenvalue weighted by atomic mass is 32.1. The van der Waals surface area contributed by atoms with Crippen molar-refractivity contribution in [3.05, 3.63) is 51.7 Å². The van der Waals surface area contributed by atoms with Crippen LogP contribution in [0.15, 0.2) is 29.9 Å². The topological polar surface area (TPSA) is 94.6 Å². The summed E-state index contributed by atoms with van der Waals surface area (Å²) < 4.78 is 51.9. The second kappa shape index (κ2) is 11.4. The van der Waals surface area contributed by atoms with Gasteiger partial charge in [0, 0.05) is 30.9 Å². The Morgan fingerprint density at radius 2 is 1.94 bits per heavy atom. The summed E-state index contributed by atoms with van der Waals surface area (Å²) in [5.74, 6) is -2.68. The number of nitrogens with zero attached hydrogens (tertiary/aromatic N) is 2. The number of aromatic nitrogens is 1. The summed E-state index contributed by atoms with van der Waals surface area (Å²) in [7, 11) is 0. The molecule has 1 aliphatic rings. The third-order valence-corrected chi connectivity index (χ3v) is 7.18. The lowest BCUT2D eigenvalue weighted by molar-refractivity contribution is -0.137. The zero-order chi connectivity index (χ0) is 25.6. The van der Waals surface area contributed by atoms with Gasteiger partial charge < -0.3 is 15.7 Å². The van der Waals surface area contributed by atoms with E-state index in [0.29, 0.717) is 44.1 Å². The number of alkyl halides is 3. The van der Waals surface area contributed by atoms with Crippen LogP contribution in [0.3, 0.4) is 0 Å². The Hall–Kier alpha value is -2.57. The maximum atomic E-state index is 13.5. The van der Waals surface area contributed by atoms with Gasteiger partial charge in [0.25, 0.3) is 5.91 Å². The van der Waals surface area contributed by atoms with E-state index >= 15 is 0 Å². The molecule has 2 amide bonds. The molecule has 0 saturated heterocycles. The highest BCUT2D eigenvalue weighted by Crippen LogP contribution is 2.40. The first kappa shape index (κ1) is 27.0. The van der Waals surface area contributed by atoms with E-state index < -0.39 is 47.1 Å². The Morgan fingerprint density at radius 1 is 1.23 bits per heavy atom.